The molecule has 0 bridgehead atoms. The molecular weight excluding hydrogens is 1090 g/mol. The van der Waals surface area contributed by atoms with E-state index in [0.717, 1.165) is 45.8 Å². The summed E-state index contributed by atoms with van der Waals surface area (Å²) in [6.45, 7) is 11.4. The Morgan fingerprint density at radius 3 is 1.21 bits per heavy atom. The third-order valence-corrected chi connectivity index (χ3v) is 14.7. The van der Waals surface area contributed by atoms with Gasteiger partial charge < -0.3 is 62.7 Å². The van der Waals surface area contributed by atoms with Gasteiger partial charge in [-0.3, -0.25) is 14.4 Å². The highest BCUT2D eigenvalue weighted by Crippen LogP contribution is 2.42. The number of rotatable bonds is 24. The lowest BCUT2D eigenvalue weighted by molar-refractivity contribution is -0.118. The molecule has 6 aromatic carbocycles. The van der Waals surface area contributed by atoms with Gasteiger partial charge in [0.05, 0.1) is 85.3 Å². The number of hydrogen-bond donors (Lipinski definition) is 1. The summed E-state index contributed by atoms with van der Waals surface area (Å²) in [5.74, 6) is 11.3. The molecule has 0 amide bonds. The number of Topliss-reactive ketones (excluding diaryl/α,β-unsaturated/α-hetero) is 1. The molecule has 0 saturated carbocycles. The van der Waals surface area contributed by atoms with Crippen molar-refractivity contribution in [3.63, 3.8) is 0 Å². The number of methoxy groups -OCH3 is 12. The molecule has 1 aliphatic rings. The molecule has 454 valence electrons. The number of hydrogen-bond acceptors (Lipinski definition) is 19. The van der Waals surface area contributed by atoms with Crippen LogP contribution in [-0.4, -0.2) is 120 Å². The standard InChI is InChI=1S/C22H28N2O5.C22H26N2O4.C22H26O6/c1-7-15(13(2)24-23)16-11-20(28-5)21(29-6)12-17(16)22(25)14-8-9-18(26-3)19(10-14)27-4;1-7-15-13(2)23-24-22(14-8-9-18(25-3)19(10-14)26-4)17-12-21(28-6)20(27-5)11-16(15)17;1-7-15(13(2)23)16-11-20(27-5)21(28-6)12-17(16)22(24)14-8-9-18(25-3)19(10-14)26-4/h8-12,15H,7,23H2,1-6H3;2*8-12,15H,7H2,1-6H3/b24-13-;;. The van der Waals surface area contributed by atoms with Gasteiger partial charge in [0.25, 0.3) is 0 Å². The zero-order valence-electron chi connectivity index (χ0n) is 52.1. The Hall–Kier alpha value is -9.26. The van der Waals surface area contributed by atoms with E-state index in [2.05, 4.69) is 22.2 Å². The van der Waals surface area contributed by atoms with Crippen LogP contribution in [0.2, 0.25) is 0 Å². The van der Waals surface area contributed by atoms with E-state index < -0.39 is 5.92 Å². The van der Waals surface area contributed by atoms with Crippen LogP contribution in [0.5, 0.6) is 69.0 Å². The van der Waals surface area contributed by atoms with E-state index in [9.17, 15) is 14.4 Å². The Kier molecular flexibility index (Phi) is 24.6. The molecule has 0 fully saturated rings. The summed E-state index contributed by atoms with van der Waals surface area (Å²) in [6, 6.07) is 26.6. The number of hydrazone groups is 1. The first-order valence-electron chi connectivity index (χ1n) is 27.3. The van der Waals surface area contributed by atoms with Crippen LogP contribution in [0.4, 0.5) is 0 Å². The topological polar surface area (TPSA) is 225 Å². The third kappa shape index (κ3) is 14.9. The van der Waals surface area contributed by atoms with E-state index in [0.29, 0.717) is 110 Å². The van der Waals surface area contributed by atoms with E-state index >= 15 is 0 Å². The molecule has 0 spiro atoms. The van der Waals surface area contributed by atoms with Gasteiger partial charge in [0.1, 0.15) is 11.5 Å². The molecule has 0 aliphatic carbocycles. The summed E-state index contributed by atoms with van der Waals surface area (Å²) >= 11 is 0. The molecule has 0 radical (unpaired) electrons. The van der Waals surface area contributed by atoms with Gasteiger partial charge in [0.15, 0.2) is 80.6 Å². The molecule has 0 aromatic heterocycles. The second kappa shape index (κ2) is 31.4. The molecule has 1 aliphatic heterocycles. The third-order valence-electron chi connectivity index (χ3n) is 14.7. The highest BCUT2D eigenvalue weighted by molar-refractivity contribution is 6.16. The molecule has 2 N–H and O–H groups in total. The zero-order valence-corrected chi connectivity index (χ0v) is 52.1. The number of carbonyl (C=O) groups excluding carboxylic acids is 3. The first-order valence-corrected chi connectivity index (χ1v) is 27.3. The molecule has 6 aromatic rings. The van der Waals surface area contributed by atoms with Crippen LogP contribution in [0.1, 0.15) is 138 Å². The van der Waals surface area contributed by atoms with E-state index in [1.54, 1.807) is 97.3 Å². The minimum Gasteiger partial charge on any atom is -0.493 e. The Morgan fingerprint density at radius 1 is 0.459 bits per heavy atom. The van der Waals surface area contributed by atoms with Gasteiger partial charge in [-0.15, -0.1) is 5.10 Å². The van der Waals surface area contributed by atoms with Gasteiger partial charge in [0, 0.05) is 62.6 Å². The van der Waals surface area contributed by atoms with E-state index in [1.807, 2.05) is 64.1 Å². The van der Waals surface area contributed by atoms with Crippen molar-refractivity contribution in [1.82, 2.24) is 0 Å². The summed E-state index contributed by atoms with van der Waals surface area (Å²) in [5.41, 5.74) is 8.59. The first kappa shape index (κ1) is 66.5. The molecular formula is C66H80N4O15. The normalized spacial score (nSPS) is 13.2. The van der Waals surface area contributed by atoms with Crippen molar-refractivity contribution in [2.75, 3.05) is 85.3 Å². The second-order valence-electron chi connectivity index (χ2n) is 19.2. The lowest BCUT2D eigenvalue weighted by Crippen LogP contribution is -2.16. The number of nitrogens with two attached hydrogens (primary N) is 1. The lowest BCUT2D eigenvalue weighted by atomic mass is 9.85. The van der Waals surface area contributed by atoms with Crippen molar-refractivity contribution >= 4 is 34.5 Å². The Morgan fingerprint density at radius 2 is 0.824 bits per heavy atom. The molecule has 19 heteroatoms. The van der Waals surface area contributed by atoms with Gasteiger partial charge in [-0.25, -0.2) is 0 Å². The number of ketones is 3. The Bertz CT molecular complexity index is 3410. The van der Waals surface area contributed by atoms with Gasteiger partial charge in [-0.05, 0) is 148 Å². The highest BCUT2D eigenvalue weighted by Gasteiger charge is 2.30. The average Bonchev–Trinajstić information content (AvgIpc) is 2.88. The van der Waals surface area contributed by atoms with Crippen molar-refractivity contribution in [1.29, 1.82) is 0 Å². The van der Waals surface area contributed by atoms with Gasteiger partial charge in [-0.2, -0.15) is 10.2 Å². The molecule has 7 rings (SSSR count). The molecule has 85 heavy (non-hydrogen) atoms. The first-order chi connectivity index (χ1) is 40.9. The summed E-state index contributed by atoms with van der Waals surface area (Å²) in [5, 5.41) is 13.0. The number of carbonyl (C=O) groups is 3. The van der Waals surface area contributed by atoms with Crippen LogP contribution in [0.15, 0.2) is 106 Å². The smallest absolute Gasteiger partial charge is 0.193 e. The predicted molar refractivity (Wildman–Crippen MR) is 330 cm³/mol. The fourth-order valence-electron chi connectivity index (χ4n) is 10.2. The molecule has 19 nitrogen and oxygen atoms in total. The van der Waals surface area contributed by atoms with Crippen molar-refractivity contribution in [3.8, 4) is 69.0 Å². The zero-order chi connectivity index (χ0) is 62.7. The van der Waals surface area contributed by atoms with Crippen LogP contribution in [0.3, 0.4) is 0 Å². The largest absolute Gasteiger partial charge is 0.493 e. The molecule has 1 heterocycles. The van der Waals surface area contributed by atoms with E-state index in [1.165, 1.54) is 49.6 Å². The highest BCUT2D eigenvalue weighted by atomic mass is 16.5. The molecule has 3 atom stereocenters. The van der Waals surface area contributed by atoms with Crippen LogP contribution >= 0.6 is 0 Å². The van der Waals surface area contributed by atoms with Crippen LogP contribution in [-0.2, 0) is 4.79 Å². The van der Waals surface area contributed by atoms with E-state index in [4.69, 9.17) is 62.7 Å². The quantitative estimate of drug-likeness (QED) is 0.0257. The van der Waals surface area contributed by atoms with Gasteiger partial charge in [-0.1, -0.05) is 20.8 Å². The summed E-state index contributed by atoms with van der Waals surface area (Å²) in [4.78, 5) is 39.0. The molecule has 3 unspecified atom stereocenters. The second-order valence-corrected chi connectivity index (χ2v) is 19.2. The number of nitrogens with zero attached hydrogens (tertiary/aromatic N) is 3. The number of ether oxygens (including phenoxy) is 12. The Labute approximate surface area is 498 Å². The number of benzene rings is 6. The van der Waals surface area contributed by atoms with Crippen molar-refractivity contribution in [3.05, 3.63) is 141 Å². The summed E-state index contributed by atoms with van der Waals surface area (Å²) in [6.07, 6.45) is 2.19. The predicted octanol–water partition coefficient (Wildman–Crippen LogP) is 12.3. The van der Waals surface area contributed by atoms with Crippen LogP contribution in [0.25, 0.3) is 0 Å². The van der Waals surface area contributed by atoms with Crippen molar-refractivity contribution in [2.24, 2.45) is 21.1 Å². The number of fused-ring (bicyclic) bond motifs is 1. The van der Waals surface area contributed by atoms with Crippen molar-refractivity contribution < 1.29 is 71.2 Å². The Balaban J connectivity index is 0.000000233. The maximum atomic E-state index is 13.5. The fourth-order valence-corrected chi connectivity index (χ4v) is 10.2. The summed E-state index contributed by atoms with van der Waals surface area (Å²) in [7, 11) is 18.8. The maximum Gasteiger partial charge on any atom is 0.193 e. The van der Waals surface area contributed by atoms with Gasteiger partial charge in [0.2, 0.25) is 0 Å². The SMILES string of the molecule is CCC(/C(C)=N\N)c1cc(OC)c(OC)cc1C(=O)c1ccc(OC)c(OC)c1.CCC(C(C)=O)c1cc(OC)c(OC)cc1C(=O)c1ccc(OC)c(OC)c1.CCC1C(C)=NN=C(c2ccc(OC)c(OC)c2)c2cc(OC)c(OC)cc21. The van der Waals surface area contributed by atoms with Crippen molar-refractivity contribution in [2.45, 2.75) is 78.6 Å². The lowest BCUT2D eigenvalue weighted by Gasteiger charge is -2.21. The monoisotopic (exact) mass is 1170 g/mol. The van der Waals surface area contributed by atoms with E-state index in [-0.39, 0.29) is 29.2 Å². The summed E-state index contributed by atoms with van der Waals surface area (Å²) < 4.78 is 64.7. The minimum atomic E-state index is -0.418. The minimum absolute atomic E-state index is 0.0175. The van der Waals surface area contributed by atoms with Crippen LogP contribution in [0, 0.1) is 0 Å². The maximum absolute atomic E-state index is 13.5. The van der Waals surface area contributed by atoms with Crippen LogP contribution < -0.4 is 62.7 Å². The average molecular weight is 1170 g/mol. The molecule has 0 saturated heterocycles. The van der Waals surface area contributed by atoms with Gasteiger partial charge >= 0.3 is 0 Å². The fraction of sp³-hybridized carbons (Fsp3) is 0.364.